The summed E-state index contributed by atoms with van der Waals surface area (Å²) in [6, 6.07) is 9.48. The second kappa shape index (κ2) is 8.03. The van der Waals surface area contributed by atoms with Crippen LogP contribution in [-0.4, -0.2) is 25.8 Å². The van der Waals surface area contributed by atoms with Crippen molar-refractivity contribution in [3.63, 3.8) is 0 Å². The second-order valence-electron chi connectivity index (χ2n) is 5.36. The summed E-state index contributed by atoms with van der Waals surface area (Å²) in [5.41, 5.74) is 1.42. The van der Waals surface area contributed by atoms with Gasteiger partial charge in [-0.3, -0.25) is 0 Å². The average Bonchev–Trinajstić information content (AvgIpc) is 3.23. The zero-order valence-corrected chi connectivity index (χ0v) is 13.3. The summed E-state index contributed by atoms with van der Waals surface area (Å²) in [7, 11) is 0. The normalized spacial score (nSPS) is 16.5. The van der Waals surface area contributed by atoms with Crippen LogP contribution in [0.4, 0.5) is 0 Å². The summed E-state index contributed by atoms with van der Waals surface area (Å²) in [5.74, 6) is 0.674. The molecule has 1 aliphatic rings. The molecule has 2 nitrogen and oxygen atoms in total. The van der Waals surface area contributed by atoms with E-state index in [-0.39, 0.29) is 0 Å². The van der Waals surface area contributed by atoms with Gasteiger partial charge in [0.25, 0.3) is 0 Å². The molecule has 1 fully saturated rings. The Kier molecular flexibility index (Phi) is 6.35. The third kappa shape index (κ3) is 6.07. The fourth-order valence-corrected chi connectivity index (χ4v) is 2.51. The third-order valence-electron chi connectivity index (χ3n) is 3.58. The first-order chi connectivity index (χ1) is 9.28. The van der Waals surface area contributed by atoms with E-state index in [0.29, 0.717) is 5.92 Å². The molecular formula is C16H24BrNO. The van der Waals surface area contributed by atoms with Gasteiger partial charge in [-0.15, -0.1) is 0 Å². The summed E-state index contributed by atoms with van der Waals surface area (Å²) in [5, 5.41) is 3.65. The Morgan fingerprint density at radius 1 is 1.32 bits per heavy atom. The van der Waals surface area contributed by atoms with Crippen molar-refractivity contribution in [1.29, 1.82) is 0 Å². The van der Waals surface area contributed by atoms with Gasteiger partial charge in [-0.05, 0) is 62.8 Å². The minimum Gasteiger partial charge on any atom is -0.382 e. The van der Waals surface area contributed by atoms with Crippen molar-refractivity contribution >= 4 is 15.9 Å². The minimum absolute atomic E-state index is 0.674. The predicted molar refractivity (Wildman–Crippen MR) is 83.5 cm³/mol. The molecule has 0 aliphatic heterocycles. The van der Waals surface area contributed by atoms with Crippen molar-refractivity contribution in [2.75, 3.05) is 19.8 Å². The van der Waals surface area contributed by atoms with Gasteiger partial charge in [0.05, 0.1) is 0 Å². The van der Waals surface area contributed by atoms with Crippen LogP contribution in [0.5, 0.6) is 0 Å². The molecule has 0 amide bonds. The minimum atomic E-state index is 0.674. The van der Waals surface area contributed by atoms with Crippen LogP contribution < -0.4 is 5.32 Å². The van der Waals surface area contributed by atoms with Crippen molar-refractivity contribution in [3.05, 3.63) is 34.3 Å². The molecule has 19 heavy (non-hydrogen) atoms. The zero-order chi connectivity index (χ0) is 13.5. The molecule has 1 aliphatic carbocycles. The van der Waals surface area contributed by atoms with Gasteiger partial charge in [0.15, 0.2) is 0 Å². The molecule has 1 N–H and O–H groups in total. The van der Waals surface area contributed by atoms with E-state index >= 15 is 0 Å². The number of benzene rings is 1. The fourth-order valence-electron chi connectivity index (χ4n) is 2.25. The number of hydrogen-bond donors (Lipinski definition) is 1. The molecular weight excluding hydrogens is 302 g/mol. The maximum atomic E-state index is 5.51. The molecule has 0 aromatic heterocycles. The number of hydrogen-bond acceptors (Lipinski definition) is 2. The predicted octanol–water partition coefficient (Wildman–Crippen LogP) is 3.79. The highest BCUT2D eigenvalue weighted by Gasteiger charge is 2.21. The van der Waals surface area contributed by atoms with Gasteiger partial charge in [-0.2, -0.15) is 0 Å². The Morgan fingerprint density at radius 2 is 2.05 bits per heavy atom. The topological polar surface area (TPSA) is 21.3 Å². The zero-order valence-electron chi connectivity index (χ0n) is 11.7. The summed E-state index contributed by atoms with van der Waals surface area (Å²) in [6.45, 7) is 4.88. The summed E-state index contributed by atoms with van der Waals surface area (Å²) >= 11 is 3.49. The van der Waals surface area contributed by atoms with Crippen molar-refractivity contribution in [3.8, 4) is 0 Å². The van der Waals surface area contributed by atoms with Gasteiger partial charge >= 0.3 is 0 Å². The van der Waals surface area contributed by atoms with Crippen LogP contribution in [0.2, 0.25) is 0 Å². The van der Waals surface area contributed by atoms with E-state index in [4.69, 9.17) is 4.74 Å². The lowest BCUT2D eigenvalue weighted by Gasteiger charge is -2.18. The summed E-state index contributed by atoms with van der Waals surface area (Å²) in [4.78, 5) is 0. The van der Waals surface area contributed by atoms with Crippen molar-refractivity contribution in [2.45, 2.75) is 38.6 Å². The fraction of sp³-hybridized carbons (Fsp3) is 0.625. The number of ether oxygens (including phenoxy) is 1. The monoisotopic (exact) mass is 325 g/mol. The van der Waals surface area contributed by atoms with Gasteiger partial charge in [0, 0.05) is 23.7 Å². The highest BCUT2D eigenvalue weighted by Crippen LogP contribution is 2.21. The molecule has 2 rings (SSSR count). The Labute approximate surface area is 125 Å². The van der Waals surface area contributed by atoms with Crippen LogP contribution in [0.1, 0.15) is 31.7 Å². The van der Waals surface area contributed by atoms with Crippen LogP contribution in [-0.2, 0) is 11.2 Å². The molecule has 106 valence electrons. The molecule has 0 bridgehead atoms. The van der Waals surface area contributed by atoms with E-state index in [9.17, 15) is 0 Å². The van der Waals surface area contributed by atoms with Gasteiger partial charge in [-0.1, -0.05) is 28.1 Å². The Balaban J connectivity index is 1.81. The van der Waals surface area contributed by atoms with Crippen LogP contribution in [0.3, 0.4) is 0 Å². The van der Waals surface area contributed by atoms with E-state index in [2.05, 4.69) is 52.4 Å². The van der Waals surface area contributed by atoms with Crippen molar-refractivity contribution < 1.29 is 4.74 Å². The number of halogens is 1. The van der Waals surface area contributed by atoms with E-state index in [1.54, 1.807) is 0 Å². The van der Waals surface area contributed by atoms with Crippen LogP contribution in [0, 0.1) is 5.92 Å². The van der Waals surface area contributed by atoms with Crippen molar-refractivity contribution in [2.24, 2.45) is 5.92 Å². The summed E-state index contributed by atoms with van der Waals surface area (Å²) in [6.07, 6.45) is 5.00. The Bertz CT molecular complexity index is 362. The van der Waals surface area contributed by atoms with E-state index in [1.807, 2.05) is 0 Å². The van der Waals surface area contributed by atoms with Gasteiger partial charge in [0.2, 0.25) is 0 Å². The van der Waals surface area contributed by atoms with Crippen LogP contribution in [0.15, 0.2) is 28.7 Å². The molecule has 1 atom stereocenters. The lowest BCUT2D eigenvalue weighted by atomic mass is 9.96. The molecule has 1 unspecified atom stereocenters. The molecule has 3 heteroatoms. The first-order valence-electron chi connectivity index (χ1n) is 7.33. The molecule has 0 spiro atoms. The highest BCUT2D eigenvalue weighted by atomic mass is 79.9. The third-order valence-corrected chi connectivity index (χ3v) is 4.11. The Hall–Kier alpha value is -0.380. The quantitative estimate of drug-likeness (QED) is 0.697. The lowest BCUT2D eigenvalue weighted by Crippen LogP contribution is -2.27. The molecule has 1 aromatic rings. The van der Waals surface area contributed by atoms with Crippen molar-refractivity contribution in [1.82, 2.24) is 5.32 Å². The Morgan fingerprint density at radius 3 is 2.68 bits per heavy atom. The van der Waals surface area contributed by atoms with Gasteiger partial charge in [-0.25, -0.2) is 0 Å². The first-order valence-corrected chi connectivity index (χ1v) is 8.12. The van der Waals surface area contributed by atoms with E-state index in [1.165, 1.54) is 18.4 Å². The van der Waals surface area contributed by atoms with Gasteiger partial charge < -0.3 is 10.1 Å². The number of rotatable bonds is 9. The average molecular weight is 326 g/mol. The van der Waals surface area contributed by atoms with Gasteiger partial charge in [0.1, 0.15) is 0 Å². The maximum Gasteiger partial charge on any atom is 0.0469 e. The molecule has 0 radical (unpaired) electrons. The van der Waals surface area contributed by atoms with E-state index < -0.39 is 0 Å². The highest BCUT2D eigenvalue weighted by molar-refractivity contribution is 9.10. The second-order valence-corrected chi connectivity index (χ2v) is 6.28. The van der Waals surface area contributed by atoms with Crippen LogP contribution >= 0.6 is 15.9 Å². The van der Waals surface area contributed by atoms with E-state index in [0.717, 1.165) is 43.1 Å². The lowest BCUT2D eigenvalue weighted by molar-refractivity contribution is 0.131. The smallest absolute Gasteiger partial charge is 0.0469 e. The standard InChI is InChI=1S/C16H24BrNO/c1-2-19-10-9-14(12-18-16-7-8-16)11-13-3-5-15(17)6-4-13/h3-6,14,16,18H,2,7-12H2,1H3. The molecule has 1 aromatic carbocycles. The molecule has 1 saturated carbocycles. The SMILES string of the molecule is CCOCCC(CNC1CC1)Cc1ccc(Br)cc1. The van der Waals surface area contributed by atoms with Crippen LogP contribution in [0.25, 0.3) is 0 Å². The number of nitrogens with one attached hydrogen (secondary N) is 1. The molecule has 0 saturated heterocycles. The first kappa shape index (κ1) is 15.0. The maximum absolute atomic E-state index is 5.51. The summed E-state index contributed by atoms with van der Waals surface area (Å²) < 4.78 is 6.66. The largest absolute Gasteiger partial charge is 0.382 e. The molecule has 0 heterocycles.